The summed E-state index contributed by atoms with van der Waals surface area (Å²) in [5.41, 5.74) is 0.714. The van der Waals surface area contributed by atoms with Gasteiger partial charge in [-0.15, -0.1) is 0 Å². The van der Waals surface area contributed by atoms with Gasteiger partial charge in [0.05, 0.1) is 6.10 Å². The van der Waals surface area contributed by atoms with Gasteiger partial charge in [0.25, 0.3) is 0 Å². The Morgan fingerprint density at radius 1 is 1.00 bits per heavy atom. The Bertz CT molecular complexity index is 496. The fourth-order valence-electron chi connectivity index (χ4n) is 2.06. The van der Waals surface area contributed by atoms with Crippen molar-refractivity contribution in [1.82, 2.24) is 0 Å². The second-order valence-electron chi connectivity index (χ2n) is 4.76. The summed E-state index contributed by atoms with van der Waals surface area (Å²) < 4.78 is 94.2. The fourth-order valence-corrected chi connectivity index (χ4v) is 2.06. The summed E-state index contributed by atoms with van der Waals surface area (Å²) in [7, 11) is 0.985. The third-order valence-corrected chi connectivity index (χ3v) is 3.32. The van der Waals surface area contributed by atoms with Crippen LogP contribution >= 0.6 is 0 Å². The van der Waals surface area contributed by atoms with Gasteiger partial charge in [-0.1, -0.05) is 31.2 Å². The van der Waals surface area contributed by atoms with Crippen molar-refractivity contribution in [2.45, 2.75) is 43.9 Å². The number of alkyl halides is 7. The summed E-state index contributed by atoms with van der Waals surface area (Å²) in [6.45, 7) is 1.70. The molecule has 0 saturated carbocycles. The van der Waals surface area contributed by atoms with E-state index in [1.165, 1.54) is 12.1 Å². The normalized spacial score (nSPS) is 15.0. The van der Waals surface area contributed by atoms with E-state index in [1.54, 1.807) is 19.1 Å². The number of benzene rings is 1. The summed E-state index contributed by atoms with van der Waals surface area (Å²) in [4.78, 5) is 0. The van der Waals surface area contributed by atoms with E-state index in [2.05, 4.69) is 0 Å². The summed E-state index contributed by atoms with van der Waals surface area (Å²) in [6, 6.07) is 6.02. The van der Waals surface area contributed by atoms with E-state index in [-0.39, 0.29) is 5.56 Å². The van der Waals surface area contributed by atoms with Crippen LogP contribution < -0.4 is 0 Å². The lowest BCUT2D eigenvalue weighted by Gasteiger charge is -2.31. The molecule has 0 radical (unpaired) electrons. The van der Waals surface area contributed by atoms with Crippen molar-refractivity contribution in [3.05, 3.63) is 35.4 Å². The average molecular weight is 332 g/mol. The summed E-state index contributed by atoms with van der Waals surface area (Å²) in [6.07, 6.45) is -9.28. The van der Waals surface area contributed by atoms with Gasteiger partial charge in [-0.25, -0.2) is 0 Å². The lowest BCUT2D eigenvalue weighted by atomic mass is 9.94. The Morgan fingerprint density at radius 3 is 2.00 bits per heavy atom. The number of methoxy groups -OCH3 is 1. The molecule has 0 fully saturated rings. The molecule has 0 aliphatic rings. The van der Waals surface area contributed by atoms with Crippen molar-refractivity contribution in [3.8, 4) is 0 Å². The molecule has 1 aromatic carbocycles. The van der Waals surface area contributed by atoms with Crippen molar-refractivity contribution in [1.29, 1.82) is 0 Å². The highest BCUT2D eigenvalue weighted by Crippen LogP contribution is 2.50. The van der Waals surface area contributed by atoms with Gasteiger partial charge in [0, 0.05) is 13.5 Å². The zero-order valence-corrected chi connectivity index (χ0v) is 11.9. The molecule has 1 rings (SSSR count). The van der Waals surface area contributed by atoms with Crippen LogP contribution in [0.2, 0.25) is 0 Å². The van der Waals surface area contributed by atoms with E-state index in [0.29, 0.717) is 12.0 Å². The third kappa shape index (κ3) is 3.53. The smallest absolute Gasteiger partial charge is 0.377 e. The summed E-state index contributed by atoms with van der Waals surface area (Å²) >= 11 is 0. The Kier molecular flexibility index (Phi) is 5.48. The van der Waals surface area contributed by atoms with Gasteiger partial charge in [0.1, 0.15) is 0 Å². The molecular weight excluding hydrogens is 317 g/mol. The van der Waals surface area contributed by atoms with Gasteiger partial charge >= 0.3 is 18.0 Å². The molecule has 0 aliphatic heterocycles. The molecule has 1 atom stereocenters. The summed E-state index contributed by atoms with van der Waals surface area (Å²) in [5, 5.41) is 0. The van der Waals surface area contributed by atoms with Gasteiger partial charge in [0.15, 0.2) is 0 Å². The first-order valence-electron chi connectivity index (χ1n) is 6.41. The molecular formula is C14H15F7O. The highest BCUT2D eigenvalue weighted by Gasteiger charge is 2.73. The van der Waals surface area contributed by atoms with Crippen molar-refractivity contribution in [2.75, 3.05) is 7.11 Å². The van der Waals surface area contributed by atoms with E-state index in [0.717, 1.165) is 7.11 Å². The maximum atomic E-state index is 13.5. The minimum absolute atomic E-state index is 0.171. The highest BCUT2D eigenvalue weighted by atomic mass is 19.4. The molecule has 0 bridgehead atoms. The summed E-state index contributed by atoms with van der Waals surface area (Å²) in [5.74, 6) is -11.4. The van der Waals surface area contributed by atoms with Crippen LogP contribution in [-0.2, 0) is 11.2 Å². The molecule has 0 aliphatic carbocycles. The van der Waals surface area contributed by atoms with Crippen LogP contribution in [0.15, 0.2) is 24.3 Å². The van der Waals surface area contributed by atoms with Gasteiger partial charge < -0.3 is 4.74 Å². The number of ether oxygens (including phenoxy) is 1. The molecule has 0 aromatic heterocycles. The minimum atomic E-state index is -6.33. The molecule has 8 heteroatoms. The Hall–Kier alpha value is -1.31. The number of halogens is 7. The van der Waals surface area contributed by atoms with E-state index in [9.17, 15) is 30.7 Å². The van der Waals surface area contributed by atoms with Crippen LogP contribution in [0.5, 0.6) is 0 Å². The molecule has 0 heterocycles. The minimum Gasteiger partial charge on any atom is -0.377 e. The molecule has 0 saturated heterocycles. The molecule has 0 N–H and O–H groups in total. The molecule has 0 amide bonds. The lowest BCUT2D eigenvalue weighted by Crippen LogP contribution is -2.52. The number of rotatable bonds is 6. The molecule has 1 unspecified atom stereocenters. The van der Waals surface area contributed by atoms with Crippen LogP contribution in [0.4, 0.5) is 30.7 Å². The zero-order valence-electron chi connectivity index (χ0n) is 11.9. The van der Waals surface area contributed by atoms with Gasteiger partial charge in [-0.05, 0) is 17.5 Å². The predicted octanol–water partition coefficient (Wildman–Crippen LogP) is 5.16. The Labute approximate surface area is 123 Å². The predicted molar refractivity (Wildman–Crippen MR) is 66.1 cm³/mol. The number of hydrogen-bond donors (Lipinski definition) is 0. The SMILES string of the molecule is CCc1ccccc1C(CC(F)(F)C(F)(F)C(F)(F)F)OC. The van der Waals surface area contributed by atoms with Crippen LogP contribution in [0.1, 0.15) is 30.6 Å². The Morgan fingerprint density at radius 2 is 1.55 bits per heavy atom. The first-order valence-corrected chi connectivity index (χ1v) is 6.41. The first-order chi connectivity index (χ1) is 9.98. The highest BCUT2D eigenvalue weighted by molar-refractivity contribution is 5.29. The zero-order chi connectivity index (χ0) is 17.2. The first kappa shape index (κ1) is 18.7. The Balaban J connectivity index is 3.13. The second kappa shape index (κ2) is 6.44. The van der Waals surface area contributed by atoms with E-state index in [1.807, 2.05) is 0 Å². The number of hydrogen-bond acceptors (Lipinski definition) is 1. The van der Waals surface area contributed by atoms with Gasteiger partial charge in [0.2, 0.25) is 0 Å². The molecule has 1 aromatic rings. The van der Waals surface area contributed by atoms with E-state index in [4.69, 9.17) is 4.74 Å². The standard InChI is InChI=1S/C14H15F7O/c1-3-9-6-4-5-7-10(9)11(22-2)8-12(15,16)13(17,18)14(19,20)21/h4-7,11H,3,8H2,1-2H3. The monoisotopic (exact) mass is 332 g/mol. The molecule has 22 heavy (non-hydrogen) atoms. The largest absolute Gasteiger partial charge is 0.459 e. The fraction of sp³-hybridized carbons (Fsp3) is 0.571. The topological polar surface area (TPSA) is 9.23 Å². The van der Waals surface area contributed by atoms with E-state index >= 15 is 0 Å². The molecule has 0 spiro atoms. The van der Waals surface area contributed by atoms with E-state index < -0.39 is 30.5 Å². The van der Waals surface area contributed by atoms with Crippen LogP contribution in [0.3, 0.4) is 0 Å². The third-order valence-electron chi connectivity index (χ3n) is 3.32. The molecule has 1 nitrogen and oxygen atoms in total. The van der Waals surface area contributed by atoms with Crippen molar-refractivity contribution in [2.24, 2.45) is 0 Å². The maximum Gasteiger partial charge on any atom is 0.459 e. The van der Waals surface area contributed by atoms with Crippen molar-refractivity contribution in [3.63, 3.8) is 0 Å². The average Bonchev–Trinajstić information content (AvgIpc) is 2.43. The maximum absolute atomic E-state index is 13.5. The van der Waals surface area contributed by atoms with Crippen LogP contribution in [0, 0.1) is 0 Å². The quantitative estimate of drug-likeness (QED) is 0.654. The van der Waals surface area contributed by atoms with Crippen LogP contribution in [-0.4, -0.2) is 25.1 Å². The number of aryl methyl sites for hydroxylation is 1. The van der Waals surface area contributed by atoms with Crippen molar-refractivity contribution < 1.29 is 35.5 Å². The van der Waals surface area contributed by atoms with Crippen molar-refractivity contribution >= 4 is 0 Å². The van der Waals surface area contributed by atoms with Gasteiger partial charge in [-0.2, -0.15) is 30.7 Å². The molecule has 126 valence electrons. The van der Waals surface area contributed by atoms with Crippen LogP contribution in [0.25, 0.3) is 0 Å². The lowest BCUT2D eigenvalue weighted by molar-refractivity contribution is -0.358. The van der Waals surface area contributed by atoms with Gasteiger partial charge in [-0.3, -0.25) is 0 Å². The second-order valence-corrected chi connectivity index (χ2v) is 4.76.